The smallest absolute Gasteiger partial charge is 0.198 e. The fraction of sp³-hybridized carbons (Fsp3) is 0.133. The van der Waals surface area contributed by atoms with E-state index in [1.807, 2.05) is 98.8 Å². The van der Waals surface area contributed by atoms with Gasteiger partial charge in [0.2, 0.25) is 0 Å². The van der Waals surface area contributed by atoms with Gasteiger partial charge >= 0.3 is 0 Å². The maximum Gasteiger partial charge on any atom is 0.198 e. The summed E-state index contributed by atoms with van der Waals surface area (Å²) in [6.45, 7) is 4.10. The van der Waals surface area contributed by atoms with Gasteiger partial charge in [-0.1, -0.05) is 84.9 Å². The van der Waals surface area contributed by atoms with E-state index in [2.05, 4.69) is 10.6 Å². The zero-order chi connectivity index (χ0) is 23.7. The van der Waals surface area contributed by atoms with Gasteiger partial charge in [-0.2, -0.15) is 0 Å². The van der Waals surface area contributed by atoms with Gasteiger partial charge in [0.05, 0.1) is 11.1 Å². The minimum atomic E-state index is -0.142. The molecule has 34 heavy (non-hydrogen) atoms. The first-order valence-electron chi connectivity index (χ1n) is 11.5. The lowest BCUT2D eigenvalue weighted by Crippen LogP contribution is -2.25. The zero-order valence-corrected chi connectivity index (χ0v) is 19.2. The highest BCUT2D eigenvalue weighted by molar-refractivity contribution is 6.31. The second kappa shape index (κ2) is 8.99. The van der Waals surface area contributed by atoms with Crippen molar-refractivity contribution >= 4 is 22.9 Å². The van der Waals surface area contributed by atoms with Crippen LogP contribution in [0.15, 0.2) is 97.1 Å². The number of fused-ring (bicyclic) bond motifs is 2. The number of carbonyl (C=O) groups excluding carboxylic acids is 2. The Balaban J connectivity index is 1.53. The summed E-state index contributed by atoms with van der Waals surface area (Å²) in [5, 5.41) is 6.92. The maximum atomic E-state index is 13.9. The monoisotopic (exact) mass is 446 g/mol. The number of anilines is 2. The molecule has 0 radical (unpaired) electrons. The fourth-order valence-corrected chi connectivity index (χ4v) is 4.60. The summed E-state index contributed by atoms with van der Waals surface area (Å²) in [5.74, 6) is -0.270. The lowest BCUT2D eigenvalue weighted by molar-refractivity contribution is 0.0980. The van der Waals surface area contributed by atoms with Gasteiger partial charge in [0, 0.05) is 34.6 Å². The van der Waals surface area contributed by atoms with Gasteiger partial charge in [-0.3, -0.25) is 9.59 Å². The largest absolute Gasteiger partial charge is 0.378 e. The molecule has 4 heteroatoms. The molecule has 1 aliphatic rings. The molecule has 0 aliphatic heterocycles. The maximum absolute atomic E-state index is 13.9. The van der Waals surface area contributed by atoms with Crippen molar-refractivity contribution in [1.29, 1.82) is 0 Å². The normalized spacial score (nSPS) is 14.1. The van der Waals surface area contributed by atoms with Gasteiger partial charge in [-0.15, -0.1) is 0 Å². The van der Waals surface area contributed by atoms with Crippen LogP contribution in [-0.4, -0.2) is 11.6 Å². The number of ketones is 2. The van der Waals surface area contributed by atoms with Gasteiger partial charge in [0.1, 0.15) is 0 Å². The molecule has 5 rings (SSSR count). The van der Waals surface area contributed by atoms with E-state index in [1.54, 1.807) is 12.1 Å². The second-order valence-corrected chi connectivity index (χ2v) is 8.67. The number of nitrogens with one attached hydrogen (secondary N) is 2. The van der Waals surface area contributed by atoms with Crippen molar-refractivity contribution in [3.8, 4) is 0 Å². The molecule has 0 amide bonds. The number of rotatable bonds is 6. The predicted molar refractivity (Wildman–Crippen MR) is 137 cm³/mol. The molecule has 0 spiro atoms. The number of hydrogen-bond acceptors (Lipinski definition) is 4. The Hall–Kier alpha value is -4.18. The van der Waals surface area contributed by atoms with Crippen LogP contribution in [0.3, 0.4) is 0 Å². The van der Waals surface area contributed by atoms with Crippen LogP contribution in [0.2, 0.25) is 0 Å². The van der Waals surface area contributed by atoms with Crippen molar-refractivity contribution in [3.05, 3.63) is 130 Å². The lowest BCUT2D eigenvalue weighted by Gasteiger charge is -2.26. The molecule has 0 fully saturated rings. The van der Waals surface area contributed by atoms with E-state index >= 15 is 0 Å². The third-order valence-corrected chi connectivity index (χ3v) is 6.42. The first kappa shape index (κ1) is 21.7. The SMILES string of the molecule is C[C@@H](Nc1cccc2c1C(=O)c1c(N[C@H](C)c3ccccc3)cccc1C2=O)c1ccccc1. The van der Waals surface area contributed by atoms with E-state index in [4.69, 9.17) is 0 Å². The summed E-state index contributed by atoms with van der Waals surface area (Å²) < 4.78 is 0. The van der Waals surface area contributed by atoms with Crippen molar-refractivity contribution < 1.29 is 9.59 Å². The molecule has 1 aliphatic carbocycles. The third kappa shape index (κ3) is 3.88. The van der Waals surface area contributed by atoms with Crippen molar-refractivity contribution in [2.75, 3.05) is 10.6 Å². The van der Waals surface area contributed by atoms with Crippen LogP contribution in [0, 0.1) is 0 Å². The van der Waals surface area contributed by atoms with Crippen LogP contribution >= 0.6 is 0 Å². The minimum Gasteiger partial charge on any atom is -0.378 e. The van der Waals surface area contributed by atoms with E-state index in [1.165, 1.54) is 0 Å². The first-order valence-corrected chi connectivity index (χ1v) is 11.5. The molecule has 0 unspecified atom stereocenters. The highest BCUT2D eigenvalue weighted by atomic mass is 16.1. The van der Waals surface area contributed by atoms with Gasteiger partial charge in [0.15, 0.2) is 11.6 Å². The van der Waals surface area contributed by atoms with E-state index in [9.17, 15) is 9.59 Å². The van der Waals surface area contributed by atoms with Gasteiger partial charge < -0.3 is 10.6 Å². The quantitative estimate of drug-likeness (QED) is 0.301. The Kier molecular flexibility index (Phi) is 5.72. The number of benzene rings is 4. The Morgan fingerprint density at radius 1 is 0.500 bits per heavy atom. The van der Waals surface area contributed by atoms with Gasteiger partial charge in [-0.05, 0) is 37.1 Å². The van der Waals surface area contributed by atoms with Gasteiger partial charge in [-0.25, -0.2) is 0 Å². The Morgan fingerprint density at radius 3 is 1.32 bits per heavy atom. The Bertz CT molecular complexity index is 1260. The summed E-state index contributed by atoms with van der Waals surface area (Å²) in [4.78, 5) is 27.4. The average molecular weight is 447 g/mol. The fourth-order valence-electron chi connectivity index (χ4n) is 4.60. The third-order valence-electron chi connectivity index (χ3n) is 6.42. The molecule has 0 saturated heterocycles. The van der Waals surface area contributed by atoms with Crippen LogP contribution in [0.25, 0.3) is 0 Å². The number of carbonyl (C=O) groups is 2. The molecule has 0 heterocycles. The molecule has 2 N–H and O–H groups in total. The molecule has 0 bridgehead atoms. The van der Waals surface area contributed by atoms with E-state index < -0.39 is 0 Å². The molecule has 0 aromatic heterocycles. The van der Waals surface area contributed by atoms with Crippen LogP contribution in [-0.2, 0) is 0 Å². The summed E-state index contributed by atoms with van der Waals surface area (Å²) in [7, 11) is 0. The standard InChI is InChI=1S/C30H26N2O2/c1-19(21-11-5-3-6-12-21)31-25-17-9-15-23-27(25)30(34)28-24(29(23)33)16-10-18-26(28)32-20(2)22-13-7-4-8-14-22/h3-20,31-32H,1-2H3/t19-,20-/m1/s1. The summed E-state index contributed by atoms with van der Waals surface area (Å²) in [6, 6.07) is 30.9. The van der Waals surface area contributed by atoms with E-state index in [0.717, 1.165) is 11.1 Å². The predicted octanol–water partition coefficient (Wildman–Crippen LogP) is 6.81. The molecule has 0 saturated carbocycles. The van der Waals surface area contributed by atoms with Crippen molar-refractivity contribution in [2.24, 2.45) is 0 Å². The molecule has 4 aromatic rings. The molecule has 2 atom stereocenters. The number of hydrogen-bond donors (Lipinski definition) is 2. The summed E-state index contributed by atoms with van der Waals surface area (Å²) in [6.07, 6.45) is 0. The van der Waals surface area contributed by atoms with Crippen LogP contribution in [0.4, 0.5) is 11.4 Å². The molecule has 168 valence electrons. The van der Waals surface area contributed by atoms with Crippen LogP contribution in [0.5, 0.6) is 0 Å². The van der Waals surface area contributed by atoms with Crippen molar-refractivity contribution in [1.82, 2.24) is 0 Å². The summed E-state index contributed by atoms with van der Waals surface area (Å²) in [5.41, 5.74) is 5.30. The summed E-state index contributed by atoms with van der Waals surface area (Å²) >= 11 is 0. The van der Waals surface area contributed by atoms with E-state index in [-0.39, 0.29) is 23.7 Å². The molecule has 4 nitrogen and oxygen atoms in total. The van der Waals surface area contributed by atoms with Gasteiger partial charge in [0.25, 0.3) is 0 Å². The zero-order valence-electron chi connectivity index (χ0n) is 19.2. The minimum absolute atomic E-state index is 0.0246. The molecular weight excluding hydrogens is 420 g/mol. The highest BCUT2D eigenvalue weighted by Crippen LogP contribution is 2.37. The van der Waals surface area contributed by atoms with Crippen LogP contribution in [0.1, 0.15) is 68.9 Å². The van der Waals surface area contributed by atoms with Crippen molar-refractivity contribution in [3.63, 3.8) is 0 Å². The highest BCUT2D eigenvalue weighted by Gasteiger charge is 2.34. The van der Waals surface area contributed by atoms with Crippen molar-refractivity contribution in [2.45, 2.75) is 25.9 Å². The lowest BCUT2D eigenvalue weighted by atomic mass is 9.82. The van der Waals surface area contributed by atoms with Crippen LogP contribution < -0.4 is 10.6 Å². The molecule has 4 aromatic carbocycles. The topological polar surface area (TPSA) is 58.2 Å². The Morgan fingerprint density at radius 2 is 0.912 bits per heavy atom. The Labute approximate surface area is 199 Å². The van der Waals surface area contributed by atoms with E-state index in [0.29, 0.717) is 33.6 Å². The molecular formula is C30H26N2O2. The second-order valence-electron chi connectivity index (χ2n) is 8.67. The first-order chi connectivity index (χ1) is 16.5. The average Bonchev–Trinajstić information content (AvgIpc) is 2.88.